The van der Waals surface area contributed by atoms with Crippen molar-refractivity contribution in [1.29, 1.82) is 0 Å². The van der Waals surface area contributed by atoms with E-state index in [9.17, 15) is 19.8 Å². The topological polar surface area (TPSA) is 95.9 Å². The molecule has 3 N–H and O–H groups in total. The Labute approximate surface area is 462 Å². The van der Waals surface area contributed by atoms with Crippen molar-refractivity contribution in [2.45, 2.75) is 373 Å². The number of amides is 1. The minimum atomic E-state index is -0.677. The van der Waals surface area contributed by atoms with Crippen molar-refractivity contribution in [3.8, 4) is 0 Å². The van der Waals surface area contributed by atoms with Gasteiger partial charge in [0, 0.05) is 12.8 Å². The molecule has 0 heterocycles. The summed E-state index contributed by atoms with van der Waals surface area (Å²) in [7, 11) is 0. The Morgan fingerprint density at radius 3 is 1.05 bits per heavy atom. The molecule has 0 aliphatic rings. The number of allylic oxidation sites excluding steroid dienone is 6. The number of aliphatic hydroxyl groups excluding tert-OH is 2. The molecule has 0 saturated carbocycles. The Balaban J connectivity index is 3.46. The third kappa shape index (κ3) is 59.3. The summed E-state index contributed by atoms with van der Waals surface area (Å²) < 4.78 is 5.48. The molecule has 1 amide bonds. The molecular formula is C68H129NO5. The SMILES string of the molecule is CCCCCC/C=C\C/C=C\CCCCCCCCCC(=O)OCCCCCCCCC/C=C\CCCCCCCC(=O)NC(CO)C(O)CCCCCCCCCCCCCCCCCCCCCCCCC. The lowest BCUT2D eigenvalue weighted by atomic mass is 10.0. The first kappa shape index (κ1) is 72.1. The Bertz CT molecular complexity index is 1200. The molecule has 0 aromatic rings. The summed E-state index contributed by atoms with van der Waals surface area (Å²) in [6.45, 7) is 4.94. The highest BCUT2D eigenvalue weighted by Crippen LogP contribution is 2.18. The van der Waals surface area contributed by atoms with Gasteiger partial charge in [-0.25, -0.2) is 0 Å². The van der Waals surface area contributed by atoms with Crippen molar-refractivity contribution in [2.24, 2.45) is 0 Å². The maximum Gasteiger partial charge on any atom is 0.305 e. The van der Waals surface area contributed by atoms with Crippen LogP contribution in [-0.2, 0) is 14.3 Å². The van der Waals surface area contributed by atoms with Gasteiger partial charge in [0.1, 0.15) is 0 Å². The summed E-state index contributed by atoms with van der Waals surface area (Å²) in [6, 6.07) is -0.556. The number of ether oxygens (including phenoxy) is 1. The maximum absolute atomic E-state index is 12.5. The summed E-state index contributed by atoms with van der Waals surface area (Å²) in [5, 5.41) is 23.4. The van der Waals surface area contributed by atoms with Crippen molar-refractivity contribution in [3.63, 3.8) is 0 Å². The second-order valence-electron chi connectivity index (χ2n) is 22.8. The first-order valence-corrected chi connectivity index (χ1v) is 33.2. The number of hydrogen-bond donors (Lipinski definition) is 3. The van der Waals surface area contributed by atoms with E-state index in [0.717, 1.165) is 70.6 Å². The van der Waals surface area contributed by atoms with E-state index in [-0.39, 0.29) is 18.5 Å². The zero-order valence-electron chi connectivity index (χ0n) is 49.8. The first-order chi connectivity index (χ1) is 36.5. The molecule has 6 heteroatoms. The summed E-state index contributed by atoms with van der Waals surface area (Å²) in [6.07, 6.45) is 80.2. The molecular weight excluding hydrogens is 911 g/mol. The highest BCUT2D eigenvalue weighted by atomic mass is 16.5. The van der Waals surface area contributed by atoms with Crippen molar-refractivity contribution in [1.82, 2.24) is 5.32 Å². The molecule has 0 rings (SSSR count). The smallest absolute Gasteiger partial charge is 0.305 e. The molecule has 0 saturated heterocycles. The number of unbranched alkanes of at least 4 members (excludes halogenated alkanes) is 45. The second-order valence-corrected chi connectivity index (χ2v) is 22.8. The molecule has 0 spiro atoms. The van der Waals surface area contributed by atoms with Crippen molar-refractivity contribution in [3.05, 3.63) is 36.5 Å². The lowest BCUT2D eigenvalue weighted by molar-refractivity contribution is -0.143. The lowest BCUT2D eigenvalue weighted by Crippen LogP contribution is -2.45. The maximum atomic E-state index is 12.5. The van der Waals surface area contributed by atoms with E-state index in [4.69, 9.17) is 4.74 Å². The Kier molecular flexibility index (Phi) is 62.0. The van der Waals surface area contributed by atoms with Crippen LogP contribution >= 0.6 is 0 Å². The highest BCUT2D eigenvalue weighted by Gasteiger charge is 2.20. The van der Waals surface area contributed by atoms with Gasteiger partial charge in [0.15, 0.2) is 0 Å². The van der Waals surface area contributed by atoms with Gasteiger partial charge < -0.3 is 20.3 Å². The van der Waals surface area contributed by atoms with Crippen LogP contribution in [0.1, 0.15) is 361 Å². The van der Waals surface area contributed by atoms with Gasteiger partial charge in [0.2, 0.25) is 5.91 Å². The number of rotatable bonds is 62. The van der Waals surface area contributed by atoms with Gasteiger partial charge >= 0.3 is 5.97 Å². The summed E-state index contributed by atoms with van der Waals surface area (Å²) in [5.41, 5.74) is 0. The zero-order chi connectivity index (χ0) is 53.6. The molecule has 0 radical (unpaired) electrons. The van der Waals surface area contributed by atoms with Crippen LogP contribution in [0.2, 0.25) is 0 Å². The lowest BCUT2D eigenvalue weighted by Gasteiger charge is -2.22. The van der Waals surface area contributed by atoms with Gasteiger partial charge in [-0.15, -0.1) is 0 Å². The largest absolute Gasteiger partial charge is 0.466 e. The Morgan fingerprint density at radius 2 is 0.676 bits per heavy atom. The third-order valence-electron chi connectivity index (χ3n) is 15.4. The van der Waals surface area contributed by atoms with Crippen LogP contribution < -0.4 is 5.32 Å². The normalized spacial score (nSPS) is 12.8. The number of nitrogens with one attached hydrogen (secondary N) is 1. The fourth-order valence-electron chi connectivity index (χ4n) is 10.3. The number of carbonyl (C=O) groups excluding carboxylic acids is 2. The number of hydrogen-bond acceptors (Lipinski definition) is 5. The molecule has 0 aromatic heterocycles. The molecule has 6 nitrogen and oxygen atoms in total. The van der Waals surface area contributed by atoms with Crippen molar-refractivity contribution in [2.75, 3.05) is 13.2 Å². The van der Waals surface area contributed by atoms with Gasteiger partial charge in [-0.05, 0) is 83.5 Å². The third-order valence-corrected chi connectivity index (χ3v) is 15.4. The summed E-state index contributed by atoms with van der Waals surface area (Å²) in [5.74, 6) is -0.0584. The quantitative estimate of drug-likeness (QED) is 0.0320. The van der Waals surface area contributed by atoms with E-state index in [1.807, 2.05) is 0 Å². The minimum Gasteiger partial charge on any atom is -0.466 e. The first-order valence-electron chi connectivity index (χ1n) is 33.2. The molecule has 0 aliphatic carbocycles. The predicted octanol–water partition coefficient (Wildman–Crippen LogP) is 21.1. The second kappa shape index (κ2) is 63.6. The standard InChI is InChI=1S/C68H129NO5/c1-3-5-7-9-11-13-15-17-19-21-23-24-25-26-27-28-32-36-40-44-48-52-56-60-66(71)65(64-70)69-67(72)61-57-53-49-45-41-37-33-30-31-35-39-43-47-51-55-59-63-74-68(73)62-58-54-50-46-42-38-34-29-22-20-18-16-14-12-10-8-6-4-2/h14,16,20,22,30,33,65-66,70-71H,3-13,15,17-19,21,23-29,31-32,34-64H2,1-2H3,(H,69,72)/b16-14-,22-20-,33-30-. The van der Waals surface area contributed by atoms with E-state index < -0.39 is 12.1 Å². The molecule has 0 fully saturated rings. The predicted molar refractivity (Wildman–Crippen MR) is 324 cm³/mol. The van der Waals surface area contributed by atoms with Crippen LogP contribution in [0, 0.1) is 0 Å². The van der Waals surface area contributed by atoms with Gasteiger partial charge in [0.25, 0.3) is 0 Å². The molecule has 0 aliphatic heterocycles. The highest BCUT2D eigenvalue weighted by molar-refractivity contribution is 5.76. The number of aliphatic hydroxyl groups is 2. The Morgan fingerprint density at radius 1 is 0.378 bits per heavy atom. The van der Waals surface area contributed by atoms with Crippen LogP contribution in [0.4, 0.5) is 0 Å². The van der Waals surface area contributed by atoms with Gasteiger partial charge in [-0.1, -0.05) is 301 Å². The Hall–Kier alpha value is -1.92. The summed E-state index contributed by atoms with van der Waals surface area (Å²) in [4.78, 5) is 24.6. The zero-order valence-corrected chi connectivity index (χ0v) is 49.8. The van der Waals surface area contributed by atoms with Crippen LogP contribution in [0.15, 0.2) is 36.5 Å². The van der Waals surface area contributed by atoms with Gasteiger partial charge in [-0.2, -0.15) is 0 Å². The molecule has 2 unspecified atom stereocenters. The van der Waals surface area contributed by atoms with Crippen LogP contribution in [0.3, 0.4) is 0 Å². The molecule has 436 valence electrons. The van der Waals surface area contributed by atoms with E-state index in [2.05, 4.69) is 55.6 Å². The molecule has 74 heavy (non-hydrogen) atoms. The van der Waals surface area contributed by atoms with Gasteiger partial charge in [0.05, 0.1) is 25.4 Å². The molecule has 0 bridgehead atoms. The minimum absolute atomic E-state index is 0.00939. The van der Waals surface area contributed by atoms with E-state index >= 15 is 0 Å². The summed E-state index contributed by atoms with van der Waals surface area (Å²) >= 11 is 0. The average molecular weight is 1040 g/mol. The average Bonchev–Trinajstić information content (AvgIpc) is 3.40. The van der Waals surface area contributed by atoms with E-state index in [0.29, 0.717) is 25.9 Å². The van der Waals surface area contributed by atoms with Crippen LogP contribution in [-0.4, -0.2) is 47.4 Å². The fourth-order valence-corrected chi connectivity index (χ4v) is 10.3. The van der Waals surface area contributed by atoms with E-state index in [1.165, 1.54) is 257 Å². The van der Waals surface area contributed by atoms with E-state index in [1.54, 1.807) is 0 Å². The van der Waals surface area contributed by atoms with Crippen molar-refractivity contribution < 1.29 is 24.5 Å². The van der Waals surface area contributed by atoms with Crippen LogP contribution in [0.5, 0.6) is 0 Å². The number of esters is 1. The molecule has 2 atom stereocenters. The molecule has 0 aromatic carbocycles. The van der Waals surface area contributed by atoms with Crippen LogP contribution in [0.25, 0.3) is 0 Å². The van der Waals surface area contributed by atoms with Gasteiger partial charge in [-0.3, -0.25) is 9.59 Å². The fraction of sp³-hybridized carbons (Fsp3) is 0.882. The van der Waals surface area contributed by atoms with Crippen molar-refractivity contribution >= 4 is 11.9 Å². The number of carbonyl (C=O) groups is 2. The monoisotopic (exact) mass is 1040 g/mol.